The summed E-state index contributed by atoms with van der Waals surface area (Å²) in [5.41, 5.74) is 5.55. The zero-order valence-electron chi connectivity index (χ0n) is 9.10. The summed E-state index contributed by atoms with van der Waals surface area (Å²) in [5.74, 6) is -0.909. The second-order valence-electron chi connectivity index (χ2n) is 3.47. The van der Waals surface area contributed by atoms with Crippen LogP contribution in [0.4, 0.5) is 0 Å². The van der Waals surface area contributed by atoms with E-state index in [2.05, 4.69) is 4.72 Å². The van der Waals surface area contributed by atoms with Crippen LogP contribution in [0, 0.1) is 0 Å². The first-order valence-electron chi connectivity index (χ1n) is 4.65. The molecule has 1 unspecified atom stereocenters. The number of carbonyl (C=O) groups excluding carboxylic acids is 1. The number of carbonyl (C=O) groups is 1. The van der Waals surface area contributed by atoms with Gasteiger partial charge in [0.15, 0.2) is 4.75 Å². The molecule has 0 saturated heterocycles. The molecule has 3 N–H and O–H groups in total. The van der Waals surface area contributed by atoms with Gasteiger partial charge in [0.1, 0.15) is 0 Å². The lowest BCUT2D eigenvalue weighted by Gasteiger charge is -2.25. The van der Waals surface area contributed by atoms with Gasteiger partial charge in [-0.05, 0) is 19.5 Å². The van der Waals surface area contributed by atoms with Crippen molar-refractivity contribution in [1.29, 1.82) is 0 Å². The summed E-state index contributed by atoms with van der Waals surface area (Å²) < 4.78 is 24.1. The van der Waals surface area contributed by atoms with Gasteiger partial charge in [-0.25, -0.2) is 13.1 Å². The Bertz CT molecular complexity index is 484. The van der Waals surface area contributed by atoms with Crippen molar-refractivity contribution in [1.82, 2.24) is 4.72 Å². The van der Waals surface area contributed by atoms with Crippen molar-refractivity contribution in [2.24, 2.45) is 5.73 Å². The van der Waals surface area contributed by atoms with Crippen LogP contribution in [-0.2, 0) is 19.6 Å². The third-order valence-electron chi connectivity index (χ3n) is 2.60. The highest BCUT2D eigenvalue weighted by molar-refractivity contribution is 7.91. The van der Waals surface area contributed by atoms with Crippen molar-refractivity contribution in [2.75, 3.05) is 7.05 Å². The van der Waals surface area contributed by atoms with Gasteiger partial charge in [-0.1, -0.05) is 30.3 Å². The number of nitrogens with two attached hydrogens (primary N) is 1. The monoisotopic (exact) mass is 242 g/mol. The Morgan fingerprint density at radius 2 is 1.81 bits per heavy atom. The van der Waals surface area contributed by atoms with Crippen LogP contribution in [0.1, 0.15) is 12.5 Å². The number of benzene rings is 1. The molecule has 0 aromatic heterocycles. The van der Waals surface area contributed by atoms with Crippen molar-refractivity contribution in [3.05, 3.63) is 35.9 Å². The van der Waals surface area contributed by atoms with E-state index in [4.69, 9.17) is 5.73 Å². The molecule has 0 aliphatic heterocycles. The standard InChI is InChI=1S/C10H14N2O3S/c1-10(9(11)13,16(14,15)12-2)8-6-4-3-5-7-8/h3-7,12H,1-2H3,(H2,11,13). The van der Waals surface area contributed by atoms with E-state index >= 15 is 0 Å². The Hall–Kier alpha value is -1.40. The maximum atomic E-state index is 11.9. The highest BCUT2D eigenvalue weighted by atomic mass is 32.2. The summed E-state index contributed by atoms with van der Waals surface area (Å²) >= 11 is 0. The van der Waals surface area contributed by atoms with Crippen molar-refractivity contribution in [2.45, 2.75) is 11.7 Å². The quantitative estimate of drug-likeness (QED) is 0.775. The van der Waals surface area contributed by atoms with Crippen molar-refractivity contribution in [3.63, 3.8) is 0 Å². The minimum atomic E-state index is -3.84. The molecule has 1 aromatic rings. The number of primary amides is 1. The Labute approximate surface area is 94.7 Å². The SMILES string of the molecule is CNS(=O)(=O)C(C)(C(N)=O)c1ccccc1. The Balaban J connectivity index is 3.47. The first-order chi connectivity index (χ1) is 7.36. The fourth-order valence-electron chi connectivity index (χ4n) is 1.39. The fourth-order valence-corrected chi connectivity index (χ4v) is 2.51. The van der Waals surface area contributed by atoms with E-state index in [9.17, 15) is 13.2 Å². The highest BCUT2D eigenvalue weighted by Crippen LogP contribution is 2.28. The maximum Gasteiger partial charge on any atom is 0.244 e. The Morgan fingerprint density at radius 1 is 1.31 bits per heavy atom. The molecule has 1 amide bonds. The second kappa shape index (κ2) is 4.23. The van der Waals surface area contributed by atoms with Gasteiger partial charge in [0.2, 0.25) is 15.9 Å². The van der Waals surface area contributed by atoms with Crippen LogP contribution in [-0.4, -0.2) is 21.4 Å². The van der Waals surface area contributed by atoms with Crippen LogP contribution in [0.5, 0.6) is 0 Å². The van der Waals surface area contributed by atoms with E-state index in [0.717, 1.165) is 0 Å². The molecule has 0 spiro atoms. The number of nitrogens with one attached hydrogen (secondary N) is 1. The van der Waals surface area contributed by atoms with Gasteiger partial charge in [0, 0.05) is 0 Å². The molecule has 0 aliphatic rings. The molecule has 1 aromatic carbocycles. The van der Waals surface area contributed by atoms with Crippen LogP contribution in [0.15, 0.2) is 30.3 Å². The first kappa shape index (κ1) is 12.7. The summed E-state index contributed by atoms with van der Waals surface area (Å²) in [5, 5.41) is 0. The van der Waals surface area contributed by atoms with Gasteiger partial charge in [-0.15, -0.1) is 0 Å². The van der Waals surface area contributed by atoms with E-state index in [-0.39, 0.29) is 0 Å². The van der Waals surface area contributed by atoms with Crippen LogP contribution < -0.4 is 10.5 Å². The number of amides is 1. The molecular weight excluding hydrogens is 228 g/mol. The minimum Gasteiger partial charge on any atom is -0.368 e. The lowest BCUT2D eigenvalue weighted by atomic mass is 10.00. The van der Waals surface area contributed by atoms with Crippen molar-refractivity contribution < 1.29 is 13.2 Å². The summed E-state index contributed by atoms with van der Waals surface area (Å²) in [6.45, 7) is 1.29. The number of sulfonamides is 1. The lowest BCUT2D eigenvalue weighted by Crippen LogP contribution is -2.49. The van der Waals surface area contributed by atoms with Gasteiger partial charge >= 0.3 is 0 Å². The topological polar surface area (TPSA) is 89.3 Å². The summed E-state index contributed by atoms with van der Waals surface area (Å²) in [6.07, 6.45) is 0. The number of rotatable bonds is 4. The summed E-state index contributed by atoms with van der Waals surface area (Å²) in [6, 6.07) is 8.15. The summed E-state index contributed by atoms with van der Waals surface area (Å²) in [4.78, 5) is 11.4. The molecule has 5 nitrogen and oxygen atoms in total. The molecular formula is C10H14N2O3S. The van der Waals surface area contributed by atoms with Crippen molar-refractivity contribution in [3.8, 4) is 0 Å². The molecule has 1 rings (SSSR count). The Morgan fingerprint density at radius 3 is 2.19 bits per heavy atom. The summed E-state index contributed by atoms with van der Waals surface area (Å²) in [7, 11) is -2.59. The molecule has 0 bridgehead atoms. The third-order valence-corrected chi connectivity index (χ3v) is 4.65. The van der Waals surface area contributed by atoms with Crippen LogP contribution in [0.2, 0.25) is 0 Å². The van der Waals surface area contributed by atoms with E-state index in [1.54, 1.807) is 30.3 Å². The largest absolute Gasteiger partial charge is 0.368 e. The van der Waals surface area contributed by atoms with Gasteiger partial charge in [0.05, 0.1) is 0 Å². The van der Waals surface area contributed by atoms with Crippen LogP contribution in [0.3, 0.4) is 0 Å². The fraction of sp³-hybridized carbons (Fsp3) is 0.300. The molecule has 1 atom stereocenters. The van der Waals surface area contributed by atoms with Crippen LogP contribution in [0.25, 0.3) is 0 Å². The molecule has 88 valence electrons. The van der Waals surface area contributed by atoms with Gasteiger partial charge in [-0.2, -0.15) is 0 Å². The average Bonchev–Trinajstić information content (AvgIpc) is 2.28. The molecule has 16 heavy (non-hydrogen) atoms. The molecule has 6 heteroatoms. The predicted octanol–water partition coefficient (Wildman–Crippen LogP) is -0.0637. The minimum absolute atomic E-state index is 0.344. The molecule has 0 heterocycles. The van der Waals surface area contributed by atoms with E-state index in [1.807, 2.05) is 0 Å². The molecule has 0 aliphatic carbocycles. The Kier molecular flexibility index (Phi) is 3.35. The zero-order valence-corrected chi connectivity index (χ0v) is 9.91. The van der Waals surface area contributed by atoms with Crippen molar-refractivity contribution >= 4 is 15.9 Å². The second-order valence-corrected chi connectivity index (χ2v) is 5.70. The normalized spacial score (nSPS) is 15.4. The number of hydrogen-bond donors (Lipinski definition) is 2. The zero-order chi connectivity index (χ0) is 12.4. The van der Waals surface area contributed by atoms with Gasteiger partial charge in [-0.3, -0.25) is 4.79 Å². The third kappa shape index (κ3) is 1.81. The smallest absolute Gasteiger partial charge is 0.244 e. The van der Waals surface area contributed by atoms with E-state index in [1.165, 1.54) is 14.0 Å². The van der Waals surface area contributed by atoms with E-state index in [0.29, 0.717) is 5.56 Å². The molecule has 0 fully saturated rings. The predicted molar refractivity (Wildman–Crippen MR) is 61.0 cm³/mol. The van der Waals surface area contributed by atoms with Gasteiger partial charge < -0.3 is 5.73 Å². The lowest BCUT2D eigenvalue weighted by molar-refractivity contribution is -0.120. The first-order valence-corrected chi connectivity index (χ1v) is 6.13. The van der Waals surface area contributed by atoms with Gasteiger partial charge in [0.25, 0.3) is 0 Å². The molecule has 0 saturated carbocycles. The van der Waals surface area contributed by atoms with E-state index < -0.39 is 20.7 Å². The number of hydrogen-bond acceptors (Lipinski definition) is 3. The highest BCUT2D eigenvalue weighted by Gasteiger charge is 2.45. The maximum absolute atomic E-state index is 11.9. The van der Waals surface area contributed by atoms with Crippen LogP contribution >= 0.6 is 0 Å². The average molecular weight is 242 g/mol. The molecule has 0 radical (unpaired) electrons.